The Kier molecular flexibility index (Phi) is 3.14. The Morgan fingerprint density at radius 1 is 1.45 bits per heavy atom. The third-order valence-electron chi connectivity index (χ3n) is 1.99. The number of rotatable bonds is 2. The van der Waals surface area contributed by atoms with E-state index in [0.717, 1.165) is 25.1 Å². The lowest BCUT2D eigenvalue weighted by molar-refractivity contribution is 0.723. The molecule has 1 rings (SSSR count). The summed E-state index contributed by atoms with van der Waals surface area (Å²) >= 11 is 0. The third kappa shape index (κ3) is 2.37. The van der Waals surface area contributed by atoms with Gasteiger partial charge in [0.2, 0.25) is 0 Å². The van der Waals surface area contributed by atoms with Gasteiger partial charge in [-0.3, -0.25) is 0 Å². The van der Waals surface area contributed by atoms with E-state index in [1.54, 1.807) is 0 Å². The number of hydrogen-bond donors (Lipinski definition) is 2. The van der Waals surface area contributed by atoms with E-state index in [2.05, 4.69) is 12.2 Å². The van der Waals surface area contributed by atoms with Crippen molar-refractivity contribution in [2.24, 2.45) is 0 Å². The lowest BCUT2D eigenvalue weighted by atomic mass is 9.94. The van der Waals surface area contributed by atoms with Gasteiger partial charge in [0, 0.05) is 18.5 Å². The second-order valence-corrected chi connectivity index (χ2v) is 2.91. The number of allylic oxidation sites excluding steroid dienone is 1. The molecule has 0 aromatic heterocycles. The minimum atomic E-state index is 0.831. The number of hydrogen-bond acceptors (Lipinski definition) is 2. The molecular formula is C9H16N2. The molecule has 0 spiro atoms. The fourth-order valence-electron chi connectivity index (χ4n) is 1.31. The standard InChI is InChI=1S/C9H16N2/c1-2-11-7-8-5-3-4-6-9(8)10/h7,10-11H,2-6H2,1H3/b8-7-,10-9?. The van der Waals surface area contributed by atoms with Gasteiger partial charge in [0.05, 0.1) is 0 Å². The predicted octanol–water partition coefficient (Wildman–Crippen LogP) is 2.07. The topological polar surface area (TPSA) is 35.9 Å². The summed E-state index contributed by atoms with van der Waals surface area (Å²) in [4.78, 5) is 0. The molecule has 0 aliphatic heterocycles. The van der Waals surface area contributed by atoms with Crippen molar-refractivity contribution in [1.29, 1.82) is 5.41 Å². The van der Waals surface area contributed by atoms with E-state index in [1.807, 2.05) is 6.20 Å². The van der Waals surface area contributed by atoms with E-state index < -0.39 is 0 Å². The zero-order valence-electron chi connectivity index (χ0n) is 7.11. The Hall–Kier alpha value is -0.790. The van der Waals surface area contributed by atoms with Crippen molar-refractivity contribution < 1.29 is 0 Å². The van der Waals surface area contributed by atoms with Crippen LogP contribution in [0.15, 0.2) is 11.8 Å². The van der Waals surface area contributed by atoms with Gasteiger partial charge in [-0.25, -0.2) is 0 Å². The molecule has 0 amide bonds. The fourth-order valence-corrected chi connectivity index (χ4v) is 1.31. The first-order valence-corrected chi connectivity index (χ1v) is 4.35. The van der Waals surface area contributed by atoms with Gasteiger partial charge in [0.1, 0.15) is 0 Å². The Labute approximate surface area is 68.2 Å². The highest BCUT2D eigenvalue weighted by atomic mass is 14.8. The molecule has 2 N–H and O–H groups in total. The third-order valence-corrected chi connectivity index (χ3v) is 1.99. The van der Waals surface area contributed by atoms with Gasteiger partial charge >= 0.3 is 0 Å². The maximum Gasteiger partial charge on any atom is 0.0360 e. The van der Waals surface area contributed by atoms with Gasteiger partial charge < -0.3 is 10.7 Å². The minimum absolute atomic E-state index is 0.831. The minimum Gasteiger partial charge on any atom is -0.391 e. The van der Waals surface area contributed by atoms with Crippen molar-refractivity contribution >= 4 is 5.71 Å². The van der Waals surface area contributed by atoms with Gasteiger partial charge in [0.25, 0.3) is 0 Å². The van der Waals surface area contributed by atoms with E-state index in [-0.39, 0.29) is 0 Å². The lowest BCUT2D eigenvalue weighted by Crippen LogP contribution is -2.12. The van der Waals surface area contributed by atoms with Crippen LogP contribution < -0.4 is 5.32 Å². The normalized spacial score (nSPS) is 22.3. The Balaban J connectivity index is 2.47. The lowest BCUT2D eigenvalue weighted by Gasteiger charge is -2.14. The highest BCUT2D eigenvalue weighted by Crippen LogP contribution is 2.18. The van der Waals surface area contributed by atoms with E-state index >= 15 is 0 Å². The molecule has 2 nitrogen and oxygen atoms in total. The zero-order chi connectivity index (χ0) is 8.10. The van der Waals surface area contributed by atoms with Crippen LogP contribution in [-0.4, -0.2) is 12.3 Å². The highest BCUT2D eigenvalue weighted by molar-refractivity contribution is 5.98. The fraction of sp³-hybridized carbons (Fsp3) is 0.667. The zero-order valence-corrected chi connectivity index (χ0v) is 7.11. The van der Waals surface area contributed by atoms with E-state index in [1.165, 1.54) is 18.4 Å². The monoisotopic (exact) mass is 152 g/mol. The molecule has 0 aromatic rings. The quantitative estimate of drug-likeness (QED) is 0.624. The molecule has 0 aromatic carbocycles. The average molecular weight is 152 g/mol. The highest BCUT2D eigenvalue weighted by Gasteiger charge is 2.10. The maximum absolute atomic E-state index is 7.62. The van der Waals surface area contributed by atoms with Gasteiger partial charge in [-0.2, -0.15) is 0 Å². The summed E-state index contributed by atoms with van der Waals surface area (Å²) in [6.45, 7) is 3.03. The Bertz CT molecular complexity index is 170. The van der Waals surface area contributed by atoms with Crippen molar-refractivity contribution in [3.63, 3.8) is 0 Å². The summed E-state index contributed by atoms with van der Waals surface area (Å²) in [7, 11) is 0. The maximum atomic E-state index is 7.62. The average Bonchev–Trinajstić information content (AvgIpc) is 2.03. The molecule has 2 heteroatoms. The van der Waals surface area contributed by atoms with Gasteiger partial charge in [0.15, 0.2) is 0 Å². The van der Waals surface area contributed by atoms with Crippen LogP contribution in [0.5, 0.6) is 0 Å². The molecule has 62 valence electrons. The molecule has 0 radical (unpaired) electrons. The van der Waals surface area contributed by atoms with E-state index in [4.69, 9.17) is 5.41 Å². The first-order chi connectivity index (χ1) is 5.34. The molecule has 0 heterocycles. The van der Waals surface area contributed by atoms with Crippen LogP contribution in [0, 0.1) is 5.41 Å². The largest absolute Gasteiger partial charge is 0.391 e. The first-order valence-electron chi connectivity index (χ1n) is 4.35. The molecular weight excluding hydrogens is 136 g/mol. The predicted molar refractivity (Wildman–Crippen MR) is 48.0 cm³/mol. The van der Waals surface area contributed by atoms with Crippen molar-refractivity contribution in [1.82, 2.24) is 5.32 Å². The molecule has 0 unspecified atom stereocenters. The number of nitrogens with one attached hydrogen (secondary N) is 2. The molecule has 1 aliphatic carbocycles. The van der Waals surface area contributed by atoms with Crippen molar-refractivity contribution in [2.45, 2.75) is 32.6 Å². The van der Waals surface area contributed by atoms with Crippen LogP contribution in [0.4, 0.5) is 0 Å². The Morgan fingerprint density at radius 2 is 2.18 bits per heavy atom. The first kappa shape index (κ1) is 8.31. The van der Waals surface area contributed by atoms with Crippen molar-refractivity contribution in [2.75, 3.05) is 6.54 Å². The van der Waals surface area contributed by atoms with Crippen LogP contribution in [-0.2, 0) is 0 Å². The van der Waals surface area contributed by atoms with E-state index in [0.29, 0.717) is 0 Å². The molecule has 1 fully saturated rings. The Morgan fingerprint density at radius 3 is 2.82 bits per heavy atom. The summed E-state index contributed by atoms with van der Waals surface area (Å²) in [6, 6.07) is 0. The van der Waals surface area contributed by atoms with Gasteiger partial charge in [-0.1, -0.05) is 0 Å². The molecule has 1 saturated carbocycles. The van der Waals surface area contributed by atoms with Crippen molar-refractivity contribution in [3.05, 3.63) is 11.8 Å². The van der Waals surface area contributed by atoms with Crippen molar-refractivity contribution in [3.8, 4) is 0 Å². The van der Waals surface area contributed by atoms with E-state index in [9.17, 15) is 0 Å². The van der Waals surface area contributed by atoms with Gasteiger partial charge in [-0.15, -0.1) is 0 Å². The molecule has 0 saturated heterocycles. The molecule has 1 aliphatic rings. The van der Waals surface area contributed by atoms with Crippen LogP contribution in [0.2, 0.25) is 0 Å². The van der Waals surface area contributed by atoms with Crippen LogP contribution in [0.1, 0.15) is 32.6 Å². The van der Waals surface area contributed by atoms with Crippen LogP contribution >= 0.6 is 0 Å². The summed E-state index contributed by atoms with van der Waals surface area (Å²) in [5.74, 6) is 0. The van der Waals surface area contributed by atoms with Gasteiger partial charge in [-0.05, 0) is 38.2 Å². The SMILES string of the molecule is CCN/C=C1/CCCCC1=N. The molecule has 11 heavy (non-hydrogen) atoms. The second kappa shape index (κ2) is 4.16. The second-order valence-electron chi connectivity index (χ2n) is 2.91. The molecule has 0 bridgehead atoms. The summed E-state index contributed by atoms with van der Waals surface area (Å²) in [5, 5.41) is 10.8. The van der Waals surface area contributed by atoms with Crippen LogP contribution in [0.3, 0.4) is 0 Å². The summed E-state index contributed by atoms with van der Waals surface area (Å²) < 4.78 is 0. The summed E-state index contributed by atoms with van der Waals surface area (Å²) in [6.07, 6.45) is 6.51. The molecule has 0 atom stereocenters. The smallest absolute Gasteiger partial charge is 0.0360 e. The van der Waals surface area contributed by atoms with Crippen LogP contribution in [0.25, 0.3) is 0 Å². The summed E-state index contributed by atoms with van der Waals surface area (Å²) in [5.41, 5.74) is 2.04.